The molecule has 0 unspecified atom stereocenters. The molecule has 0 aromatic heterocycles. The number of carbonyl (C=O) groups excluding carboxylic acids is 1. The van der Waals surface area contributed by atoms with Gasteiger partial charge in [0.25, 0.3) is 5.91 Å². The average molecular weight is 331 g/mol. The molecule has 0 aliphatic carbocycles. The van der Waals surface area contributed by atoms with Crippen LogP contribution in [0.15, 0.2) is 48.5 Å². The Hall–Kier alpha value is -1.84. The molecule has 0 saturated heterocycles. The molecular weight excluding hydrogens is 308 g/mol. The highest BCUT2D eigenvalue weighted by atomic mass is 35.5. The van der Waals surface area contributed by atoms with Crippen LogP contribution in [-0.2, 0) is 18.5 Å². The van der Waals surface area contributed by atoms with Crippen LogP contribution in [0.25, 0.3) is 0 Å². The summed E-state index contributed by atoms with van der Waals surface area (Å²) in [5.41, 5.74) is 9.94. The molecule has 3 nitrogen and oxygen atoms in total. The van der Waals surface area contributed by atoms with Gasteiger partial charge in [-0.05, 0) is 28.8 Å². The van der Waals surface area contributed by atoms with Crippen LogP contribution in [0, 0.1) is 0 Å². The maximum atomic E-state index is 12.8. The van der Waals surface area contributed by atoms with E-state index >= 15 is 0 Å². The lowest BCUT2D eigenvalue weighted by Gasteiger charge is -2.40. The minimum Gasteiger partial charge on any atom is -0.333 e. The van der Waals surface area contributed by atoms with Crippen LogP contribution in [-0.4, -0.2) is 17.4 Å². The van der Waals surface area contributed by atoms with Crippen LogP contribution in [0.5, 0.6) is 0 Å². The number of fused-ring (bicyclic) bond motifs is 1. The molecule has 1 heterocycles. The summed E-state index contributed by atoms with van der Waals surface area (Å²) in [5.74, 6) is 0.0890. The molecular formula is C19H23ClN2O. The van der Waals surface area contributed by atoms with Gasteiger partial charge in [0.2, 0.25) is 0 Å². The van der Waals surface area contributed by atoms with Gasteiger partial charge in [0, 0.05) is 30.6 Å². The summed E-state index contributed by atoms with van der Waals surface area (Å²) in [7, 11) is 0. The van der Waals surface area contributed by atoms with E-state index in [0.717, 1.165) is 17.7 Å². The van der Waals surface area contributed by atoms with Gasteiger partial charge in [-0.3, -0.25) is 4.79 Å². The number of nitrogens with two attached hydrogens (primary N) is 1. The van der Waals surface area contributed by atoms with E-state index in [1.54, 1.807) is 0 Å². The molecule has 1 amide bonds. The summed E-state index contributed by atoms with van der Waals surface area (Å²) < 4.78 is 0. The summed E-state index contributed by atoms with van der Waals surface area (Å²) in [5, 5.41) is 0. The zero-order valence-corrected chi connectivity index (χ0v) is 14.4. The Morgan fingerprint density at radius 2 is 1.78 bits per heavy atom. The molecule has 0 spiro atoms. The van der Waals surface area contributed by atoms with E-state index < -0.39 is 0 Å². The fourth-order valence-corrected chi connectivity index (χ4v) is 3.25. The summed E-state index contributed by atoms with van der Waals surface area (Å²) >= 11 is 0. The van der Waals surface area contributed by atoms with Gasteiger partial charge in [-0.1, -0.05) is 50.2 Å². The van der Waals surface area contributed by atoms with Crippen molar-refractivity contribution in [1.29, 1.82) is 0 Å². The smallest absolute Gasteiger partial charge is 0.254 e. The van der Waals surface area contributed by atoms with Crippen molar-refractivity contribution in [3.63, 3.8) is 0 Å². The van der Waals surface area contributed by atoms with Crippen molar-refractivity contribution in [3.8, 4) is 0 Å². The molecule has 2 aromatic rings. The van der Waals surface area contributed by atoms with Crippen LogP contribution in [0.3, 0.4) is 0 Å². The lowest BCUT2D eigenvalue weighted by Crippen LogP contribution is -2.45. The van der Waals surface area contributed by atoms with Crippen LogP contribution in [0.4, 0.5) is 0 Å². The quantitative estimate of drug-likeness (QED) is 0.916. The Kier molecular flexibility index (Phi) is 5.12. The molecule has 0 fully saturated rings. The minimum atomic E-state index is -0.0261. The molecule has 23 heavy (non-hydrogen) atoms. The van der Waals surface area contributed by atoms with Gasteiger partial charge >= 0.3 is 0 Å². The minimum absolute atomic E-state index is 0. The van der Waals surface area contributed by atoms with Gasteiger partial charge in [0.15, 0.2) is 0 Å². The Bertz CT molecular complexity index is 695. The first-order chi connectivity index (χ1) is 10.5. The maximum Gasteiger partial charge on any atom is 0.254 e. The van der Waals surface area contributed by atoms with Crippen molar-refractivity contribution in [2.45, 2.75) is 32.4 Å². The van der Waals surface area contributed by atoms with Crippen molar-refractivity contribution in [2.24, 2.45) is 5.73 Å². The summed E-state index contributed by atoms with van der Waals surface area (Å²) in [6, 6.07) is 16.0. The monoisotopic (exact) mass is 330 g/mol. The molecule has 2 aromatic carbocycles. The Balaban J connectivity index is 0.00000192. The highest BCUT2D eigenvalue weighted by molar-refractivity contribution is 5.94. The van der Waals surface area contributed by atoms with E-state index in [-0.39, 0.29) is 23.7 Å². The molecule has 1 aliphatic heterocycles. The molecule has 1 aliphatic rings. The molecule has 4 heteroatoms. The van der Waals surface area contributed by atoms with Gasteiger partial charge in [0.05, 0.1) is 0 Å². The summed E-state index contributed by atoms with van der Waals surface area (Å²) in [6.07, 6.45) is 0. The van der Waals surface area contributed by atoms with Crippen molar-refractivity contribution in [3.05, 3.63) is 70.8 Å². The van der Waals surface area contributed by atoms with Gasteiger partial charge in [-0.15, -0.1) is 12.4 Å². The predicted octanol–water partition coefficient (Wildman–Crippen LogP) is 3.50. The molecule has 0 atom stereocenters. The Morgan fingerprint density at radius 1 is 1.13 bits per heavy atom. The Labute approximate surface area is 143 Å². The molecule has 2 N–H and O–H groups in total. The normalized spacial score (nSPS) is 15.5. The highest BCUT2D eigenvalue weighted by Crippen LogP contribution is 2.33. The number of hydrogen-bond acceptors (Lipinski definition) is 2. The molecule has 0 saturated carbocycles. The molecule has 0 bridgehead atoms. The van der Waals surface area contributed by atoms with E-state index in [2.05, 4.69) is 32.0 Å². The number of halogens is 1. The first kappa shape index (κ1) is 17.5. The van der Waals surface area contributed by atoms with E-state index in [4.69, 9.17) is 5.73 Å². The van der Waals surface area contributed by atoms with Crippen LogP contribution < -0.4 is 5.73 Å². The van der Waals surface area contributed by atoms with Crippen molar-refractivity contribution >= 4 is 18.3 Å². The predicted molar refractivity (Wildman–Crippen MR) is 95.8 cm³/mol. The number of benzene rings is 2. The van der Waals surface area contributed by atoms with Crippen LogP contribution in [0.2, 0.25) is 0 Å². The molecule has 122 valence electrons. The van der Waals surface area contributed by atoms with Gasteiger partial charge in [-0.25, -0.2) is 0 Å². The second-order valence-electron chi connectivity index (χ2n) is 6.60. The first-order valence-corrected chi connectivity index (χ1v) is 7.68. The zero-order chi connectivity index (χ0) is 15.7. The van der Waals surface area contributed by atoms with Crippen molar-refractivity contribution in [2.75, 3.05) is 6.54 Å². The summed E-state index contributed by atoms with van der Waals surface area (Å²) in [4.78, 5) is 14.7. The lowest BCUT2D eigenvalue weighted by molar-refractivity contribution is 0.0686. The van der Waals surface area contributed by atoms with Crippen molar-refractivity contribution < 1.29 is 4.79 Å². The van der Waals surface area contributed by atoms with E-state index in [1.165, 1.54) is 11.1 Å². The van der Waals surface area contributed by atoms with E-state index in [1.807, 2.05) is 35.2 Å². The first-order valence-electron chi connectivity index (χ1n) is 7.68. The van der Waals surface area contributed by atoms with Crippen LogP contribution in [0.1, 0.15) is 40.9 Å². The largest absolute Gasteiger partial charge is 0.333 e. The third-order valence-electron chi connectivity index (χ3n) is 4.42. The maximum absolute atomic E-state index is 12.8. The third-order valence-corrected chi connectivity index (χ3v) is 4.42. The Morgan fingerprint density at radius 3 is 2.43 bits per heavy atom. The van der Waals surface area contributed by atoms with Crippen molar-refractivity contribution in [1.82, 2.24) is 4.90 Å². The van der Waals surface area contributed by atoms with Crippen LogP contribution >= 0.6 is 12.4 Å². The van der Waals surface area contributed by atoms with Gasteiger partial charge < -0.3 is 10.6 Å². The van der Waals surface area contributed by atoms with E-state index in [0.29, 0.717) is 13.1 Å². The second kappa shape index (κ2) is 6.73. The third kappa shape index (κ3) is 3.41. The van der Waals surface area contributed by atoms with Gasteiger partial charge in [0.1, 0.15) is 0 Å². The number of nitrogens with zero attached hydrogens (tertiary/aromatic N) is 1. The SMILES string of the molecule is CC1(C)CN(C(=O)c2ccc(CN)cc2)Cc2ccccc21.Cl. The highest BCUT2D eigenvalue weighted by Gasteiger charge is 2.33. The standard InChI is InChI=1S/C19H22N2O.ClH/c1-19(2)13-21(12-16-5-3-4-6-17(16)19)18(22)15-9-7-14(11-20)8-10-15;/h3-10H,11-13,20H2,1-2H3;1H. The fraction of sp³-hybridized carbons (Fsp3) is 0.316. The number of carbonyl (C=O) groups is 1. The number of amides is 1. The lowest BCUT2D eigenvalue weighted by atomic mass is 9.78. The summed E-state index contributed by atoms with van der Waals surface area (Å²) in [6.45, 7) is 6.31. The fourth-order valence-electron chi connectivity index (χ4n) is 3.25. The number of hydrogen-bond donors (Lipinski definition) is 1. The average Bonchev–Trinajstić information content (AvgIpc) is 2.53. The second-order valence-corrected chi connectivity index (χ2v) is 6.60. The zero-order valence-electron chi connectivity index (χ0n) is 13.6. The van der Waals surface area contributed by atoms with Gasteiger partial charge in [-0.2, -0.15) is 0 Å². The molecule has 0 radical (unpaired) electrons. The van der Waals surface area contributed by atoms with E-state index in [9.17, 15) is 4.79 Å². The number of rotatable bonds is 2. The molecule has 3 rings (SSSR count). The topological polar surface area (TPSA) is 46.3 Å².